The Morgan fingerprint density at radius 2 is 1.69 bits per heavy atom. The zero-order valence-corrected chi connectivity index (χ0v) is 19.0. The number of benzene rings is 2. The van der Waals surface area contributed by atoms with E-state index in [2.05, 4.69) is 0 Å². The van der Waals surface area contributed by atoms with Crippen molar-refractivity contribution in [1.29, 1.82) is 0 Å². The molecule has 0 N–H and O–H groups in total. The van der Waals surface area contributed by atoms with Crippen LogP contribution in [0.4, 0.5) is 10.1 Å². The van der Waals surface area contributed by atoms with E-state index >= 15 is 0 Å². The minimum Gasteiger partial charge on any atom is -0.496 e. The largest absolute Gasteiger partial charge is 0.496 e. The van der Waals surface area contributed by atoms with Gasteiger partial charge in [-0.15, -0.1) is 11.8 Å². The number of ether oxygens (including phenoxy) is 3. The first-order chi connectivity index (χ1) is 15.5. The predicted octanol–water partition coefficient (Wildman–Crippen LogP) is 3.48. The van der Waals surface area contributed by atoms with Crippen molar-refractivity contribution in [2.24, 2.45) is 5.92 Å². The van der Waals surface area contributed by atoms with Gasteiger partial charge in [0.1, 0.15) is 16.9 Å². The van der Waals surface area contributed by atoms with Crippen LogP contribution in [0.15, 0.2) is 36.4 Å². The number of carbonyl (C=O) groups is 2. The second-order valence-electron chi connectivity index (χ2n) is 7.59. The first-order valence-electron chi connectivity index (χ1n) is 10.2. The van der Waals surface area contributed by atoms with Crippen molar-refractivity contribution in [3.8, 4) is 17.2 Å². The Hall–Kier alpha value is -2.94. The van der Waals surface area contributed by atoms with Gasteiger partial charge in [0.05, 0.1) is 27.2 Å². The number of hydrogen-bond donors (Lipinski definition) is 0. The van der Waals surface area contributed by atoms with Gasteiger partial charge in [-0.1, -0.05) is 0 Å². The van der Waals surface area contributed by atoms with E-state index in [1.165, 1.54) is 12.1 Å². The Labute approximate surface area is 190 Å². The third kappa shape index (κ3) is 4.09. The third-order valence-electron chi connectivity index (χ3n) is 5.79. The minimum atomic E-state index is -0.458. The Morgan fingerprint density at radius 1 is 1.03 bits per heavy atom. The normalized spacial score (nSPS) is 20.6. The number of anilines is 1. The lowest BCUT2D eigenvalue weighted by atomic mass is 10.1. The Bertz CT molecular complexity index is 1020. The fraction of sp³-hybridized carbons (Fsp3) is 0.391. The van der Waals surface area contributed by atoms with Crippen LogP contribution in [0.2, 0.25) is 0 Å². The summed E-state index contributed by atoms with van der Waals surface area (Å²) in [5.74, 6) is 1.45. The van der Waals surface area contributed by atoms with Crippen LogP contribution in [-0.2, 0) is 9.59 Å². The molecule has 2 atom stereocenters. The van der Waals surface area contributed by atoms with Crippen LogP contribution in [0.3, 0.4) is 0 Å². The molecule has 0 bridgehead atoms. The van der Waals surface area contributed by atoms with E-state index in [4.69, 9.17) is 14.2 Å². The second kappa shape index (κ2) is 9.28. The Balaban J connectivity index is 1.57. The molecule has 0 aliphatic carbocycles. The maximum absolute atomic E-state index is 13.5. The summed E-state index contributed by atoms with van der Waals surface area (Å²) in [7, 11) is 4.70. The molecule has 2 amide bonds. The SMILES string of the molecule is COc1cc(OC)c(C2SCCN2C(=O)C2CC(=O)N(c3ccc(F)cc3)C2)cc1OC. The van der Waals surface area contributed by atoms with Crippen LogP contribution >= 0.6 is 11.8 Å². The lowest BCUT2D eigenvalue weighted by molar-refractivity contribution is -0.136. The molecule has 2 fully saturated rings. The van der Waals surface area contributed by atoms with Crippen molar-refractivity contribution in [2.45, 2.75) is 11.8 Å². The number of carbonyl (C=O) groups excluding carboxylic acids is 2. The number of nitrogens with zero attached hydrogens (tertiary/aromatic N) is 2. The molecule has 2 aromatic rings. The molecule has 4 rings (SSSR count). The first-order valence-corrected chi connectivity index (χ1v) is 11.3. The summed E-state index contributed by atoms with van der Waals surface area (Å²) in [5, 5.41) is -0.257. The number of rotatable bonds is 6. The van der Waals surface area contributed by atoms with Crippen LogP contribution in [0.1, 0.15) is 17.4 Å². The van der Waals surface area contributed by atoms with Gasteiger partial charge in [0.25, 0.3) is 0 Å². The van der Waals surface area contributed by atoms with Gasteiger partial charge >= 0.3 is 0 Å². The topological polar surface area (TPSA) is 68.3 Å². The third-order valence-corrected chi connectivity index (χ3v) is 7.03. The smallest absolute Gasteiger partial charge is 0.229 e. The molecule has 2 aromatic carbocycles. The van der Waals surface area contributed by atoms with Gasteiger partial charge in [0, 0.05) is 42.6 Å². The Morgan fingerprint density at radius 3 is 2.34 bits per heavy atom. The number of thioether (sulfide) groups is 1. The van der Waals surface area contributed by atoms with Gasteiger partial charge in [-0.25, -0.2) is 4.39 Å². The highest BCUT2D eigenvalue weighted by atomic mass is 32.2. The first kappa shape index (κ1) is 22.3. The highest BCUT2D eigenvalue weighted by Crippen LogP contribution is 2.46. The maximum atomic E-state index is 13.5. The van der Waals surface area contributed by atoms with Crippen LogP contribution in [0.5, 0.6) is 17.2 Å². The van der Waals surface area contributed by atoms with Crippen molar-refractivity contribution in [1.82, 2.24) is 4.90 Å². The highest BCUT2D eigenvalue weighted by molar-refractivity contribution is 7.99. The molecule has 2 aliphatic rings. The van der Waals surface area contributed by atoms with Crippen molar-refractivity contribution in [3.05, 3.63) is 47.8 Å². The summed E-state index contributed by atoms with van der Waals surface area (Å²) >= 11 is 1.64. The van der Waals surface area contributed by atoms with Gasteiger partial charge in [-0.2, -0.15) is 0 Å². The van der Waals surface area contributed by atoms with E-state index in [0.29, 0.717) is 29.5 Å². The molecule has 0 aromatic heterocycles. The van der Waals surface area contributed by atoms with Crippen molar-refractivity contribution < 1.29 is 28.2 Å². The average molecular weight is 461 g/mol. The molecular weight excluding hydrogens is 435 g/mol. The van der Waals surface area contributed by atoms with Gasteiger partial charge in [-0.3, -0.25) is 9.59 Å². The fourth-order valence-corrected chi connectivity index (χ4v) is 5.46. The molecule has 7 nitrogen and oxygen atoms in total. The molecule has 0 saturated carbocycles. The number of amides is 2. The van der Waals surface area contributed by atoms with Gasteiger partial charge in [0.2, 0.25) is 11.8 Å². The van der Waals surface area contributed by atoms with E-state index in [0.717, 1.165) is 11.3 Å². The standard InChI is InChI=1S/C23H25FN2O5S/c1-29-18-12-20(31-3)19(30-2)11-17(18)23-25(8-9-32-23)22(28)14-10-21(27)26(13-14)16-6-4-15(24)5-7-16/h4-7,11-12,14,23H,8-10,13H2,1-3H3. The lowest BCUT2D eigenvalue weighted by Gasteiger charge is -2.28. The second-order valence-corrected chi connectivity index (χ2v) is 8.77. The lowest BCUT2D eigenvalue weighted by Crippen LogP contribution is -2.37. The maximum Gasteiger partial charge on any atom is 0.229 e. The molecule has 2 unspecified atom stereocenters. The monoisotopic (exact) mass is 460 g/mol. The molecular formula is C23H25FN2O5S. The molecule has 9 heteroatoms. The van der Waals surface area contributed by atoms with Crippen LogP contribution in [-0.4, -0.2) is 56.9 Å². The Kier molecular flexibility index (Phi) is 6.45. The summed E-state index contributed by atoms with van der Waals surface area (Å²) in [5.41, 5.74) is 1.42. The summed E-state index contributed by atoms with van der Waals surface area (Å²) < 4.78 is 29.6. The molecule has 2 aliphatic heterocycles. The molecule has 32 heavy (non-hydrogen) atoms. The predicted molar refractivity (Wildman–Crippen MR) is 120 cm³/mol. The van der Waals surface area contributed by atoms with E-state index < -0.39 is 5.92 Å². The van der Waals surface area contributed by atoms with E-state index in [1.807, 2.05) is 6.07 Å². The minimum absolute atomic E-state index is 0.0743. The fourth-order valence-electron chi connectivity index (χ4n) is 4.18. The molecule has 0 spiro atoms. The van der Waals surface area contributed by atoms with Gasteiger partial charge < -0.3 is 24.0 Å². The van der Waals surface area contributed by atoms with Crippen LogP contribution in [0.25, 0.3) is 0 Å². The zero-order valence-electron chi connectivity index (χ0n) is 18.2. The number of hydrogen-bond acceptors (Lipinski definition) is 6. The number of methoxy groups -OCH3 is 3. The average Bonchev–Trinajstić information content (AvgIpc) is 3.45. The number of halogens is 1. The zero-order chi connectivity index (χ0) is 22.8. The van der Waals surface area contributed by atoms with Crippen LogP contribution < -0.4 is 19.1 Å². The van der Waals surface area contributed by atoms with E-state index in [9.17, 15) is 14.0 Å². The summed E-state index contributed by atoms with van der Waals surface area (Å²) in [6.07, 6.45) is 0.132. The van der Waals surface area contributed by atoms with Crippen molar-refractivity contribution >= 4 is 29.3 Å². The molecule has 2 saturated heterocycles. The van der Waals surface area contributed by atoms with Crippen molar-refractivity contribution in [3.63, 3.8) is 0 Å². The molecule has 0 radical (unpaired) electrons. The quantitative estimate of drug-likeness (QED) is 0.658. The summed E-state index contributed by atoms with van der Waals surface area (Å²) in [6.45, 7) is 0.854. The molecule has 2 heterocycles. The van der Waals surface area contributed by atoms with E-state index in [1.54, 1.807) is 61.1 Å². The van der Waals surface area contributed by atoms with E-state index in [-0.39, 0.29) is 36.0 Å². The van der Waals surface area contributed by atoms with Gasteiger partial charge in [-0.05, 0) is 30.3 Å². The summed E-state index contributed by atoms with van der Waals surface area (Å²) in [4.78, 5) is 29.4. The van der Waals surface area contributed by atoms with Gasteiger partial charge in [0.15, 0.2) is 11.5 Å². The van der Waals surface area contributed by atoms with Crippen molar-refractivity contribution in [2.75, 3.05) is 45.1 Å². The van der Waals surface area contributed by atoms with Crippen LogP contribution in [0, 0.1) is 11.7 Å². The summed E-state index contributed by atoms with van der Waals surface area (Å²) in [6, 6.07) is 9.34. The molecule has 170 valence electrons. The highest BCUT2D eigenvalue weighted by Gasteiger charge is 2.41.